The van der Waals surface area contributed by atoms with E-state index >= 15 is 0 Å². The molecule has 0 aromatic heterocycles. The lowest BCUT2D eigenvalue weighted by Gasteiger charge is -2.13. The maximum atomic E-state index is 12.2. The SMILES string of the molecule is CN(C)c1cccc(NC(=O)/C(C#N)=C/c2ccc(O)cc2)c1. The Kier molecular flexibility index (Phi) is 5.00. The van der Waals surface area contributed by atoms with Crippen molar-refractivity contribution in [1.29, 1.82) is 5.26 Å². The molecule has 23 heavy (non-hydrogen) atoms. The molecule has 2 aromatic carbocycles. The first-order valence-corrected chi connectivity index (χ1v) is 6.99. The van der Waals surface area contributed by atoms with E-state index in [0.717, 1.165) is 5.69 Å². The summed E-state index contributed by atoms with van der Waals surface area (Å²) in [4.78, 5) is 14.2. The Bertz CT molecular complexity index is 772. The maximum absolute atomic E-state index is 12.2. The third kappa shape index (κ3) is 4.35. The van der Waals surface area contributed by atoms with Gasteiger partial charge in [-0.3, -0.25) is 4.79 Å². The third-order valence-electron chi connectivity index (χ3n) is 3.19. The molecule has 0 atom stereocenters. The van der Waals surface area contributed by atoms with Crippen LogP contribution in [0.25, 0.3) is 6.08 Å². The second-order valence-corrected chi connectivity index (χ2v) is 5.16. The van der Waals surface area contributed by atoms with Gasteiger partial charge in [0.25, 0.3) is 5.91 Å². The quantitative estimate of drug-likeness (QED) is 0.672. The molecule has 0 aliphatic heterocycles. The monoisotopic (exact) mass is 307 g/mol. The van der Waals surface area contributed by atoms with Crippen molar-refractivity contribution in [1.82, 2.24) is 0 Å². The molecule has 0 bridgehead atoms. The van der Waals surface area contributed by atoms with Gasteiger partial charge in [0, 0.05) is 25.5 Å². The predicted octanol–water partition coefficient (Wildman–Crippen LogP) is 3.00. The number of carbonyl (C=O) groups is 1. The normalized spacial score (nSPS) is 10.7. The molecule has 1 amide bonds. The van der Waals surface area contributed by atoms with Crippen LogP contribution < -0.4 is 10.2 Å². The van der Waals surface area contributed by atoms with Gasteiger partial charge in [0.2, 0.25) is 0 Å². The molecule has 0 spiro atoms. The number of hydrogen-bond donors (Lipinski definition) is 2. The Labute approximate surface area is 135 Å². The lowest BCUT2D eigenvalue weighted by atomic mass is 10.1. The average molecular weight is 307 g/mol. The molecule has 5 heteroatoms. The van der Waals surface area contributed by atoms with E-state index in [1.165, 1.54) is 18.2 Å². The summed E-state index contributed by atoms with van der Waals surface area (Å²) in [6.45, 7) is 0. The lowest BCUT2D eigenvalue weighted by Crippen LogP contribution is -2.14. The number of nitrogens with zero attached hydrogens (tertiary/aromatic N) is 2. The highest BCUT2D eigenvalue weighted by Crippen LogP contribution is 2.18. The summed E-state index contributed by atoms with van der Waals surface area (Å²) in [6.07, 6.45) is 1.48. The number of rotatable bonds is 4. The van der Waals surface area contributed by atoms with E-state index in [9.17, 15) is 15.2 Å². The van der Waals surface area contributed by atoms with Crippen molar-refractivity contribution in [3.05, 3.63) is 59.7 Å². The van der Waals surface area contributed by atoms with Crippen LogP contribution in [0.2, 0.25) is 0 Å². The number of hydrogen-bond acceptors (Lipinski definition) is 4. The number of carbonyl (C=O) groups excluding carboxylic acids is 1. The van der Waals surface area contributed by atoms with Crippen LogP contribution in [-0.4, -0.2) is 25.1 Å². The van der Waals surface area contributed by atoms with Gasteiger partial charge >= 0.3 is 0 Å². The Balaban J connectivity index is 2.19. The molecule has 0 fully saturated rings. The fourth-order valence-electron chi connectivity index (χ4n) is 1.95. The zero-order valence-electron chi connectivity index (χ0n) is 12.9. The number of amides is 1. The molecular weight excluding hydrogens is 290 g/mol. The Morgan fingerprint density at radius 1 is 1.22 bits per heavy atom. The smallest absolute Gasteiger partial charge is 0.266 e. The van der Waals surface area contributed by atoms with E-state index in [1.54, 1.807) is 18.2 Å². The highest BCUT2D eigenvalue weighted by Gasteiger charge is 2.10. The number of phenolic OH excluding ortho intramolecular Hbond substituents is 1. The van der Waals surface area contributed by atoms with E-state index < -0.39 is 5.91 Å². The Morgan fingerprint density at radius 2 is 1.91 bits per heavy atom. The van der Waals surface area contributed by atoms with Crippen LogP contribution >= 0.6 is 0 Å². The van der Waals surface area contributed by atoms with E-state index in [0.29, 0.717) is 11.3 Å². The fraction of sp³-hybridized carbons (Fsp3) is 0.111. The molecule has 2 N–H and O–H groups in total. The van der Waals surface area contributed by atoms with Gasteiger partial charge in [0.05, 0.1) is 0 Å². The van der Waals surface area contributed by atoms with Crippen LogP contribution in [0, 0.1) is 11.3 Å². The molecule has 0 unspecified atom stereocenters. The summed E-state index contributed by atoms with van der Waals surface area (Å²) in [7, 11) is 3.82. The van der Waals surface area contributed by atoms with Gasteiger partial charge in [0.15, 0.2) is 0 Å². The van der Waals surface area contributed by atoms with Crippen molar-refractivity contribution in [3.63, 3.8) is 0 Å². The number of benzene rings is 2. The summed E-state index contributed by atoms with van der Waals surface area (Å²) in [6, 6.07) is 15.5. The van der Waals surface area contributed by atoms with E-state index in [-0.39, 0.29) is 11.3 Å². The van der Waals surface area contributed by atoms with Crippen LogP contribution in [0.4, 0.5) is 11.4 Å². The lowest BCUT2D eigenvalue weighted by molar-refractivity contribution is -0.112. The maximum Gasteiger partial charge on any atom is 0.266 e. The second kappa shape index (κ2) is 7.14. The zero-order valence-corrected chi connectivity index (χ0v) is 12.9. The predicted molar refractivity (Wildman–Crippen MR) is 91.1 cm³/mol. The van der Waals surface area contributed by atoms with Gasteiger partial charge in [-0.2, -0.15) is 5.26 Å². The molecule has 5 nitrogen and oxygen atoms in total. The first-order chi connectivity index (χ1) is 11.0. The number of aromatic hydroxyl groups is 1. The molecule has 0 aliphatic rings. The number of nitrogens with one attached hydrogen (secondary N) is 1. The average Bonchev–Trinajstić information content (AvgIpc) is 2.54. The molecule has 0 aliphatic carbocycles. The molecule has 0 heterocycles. The molecule has 0 radical (unpaired) electrons. The minimum Gasteiger partial charge on any atom is -0.508 e. The topological polar surface area (TPSA) is 76.4 Å². The van der Waals surface area contributed by atoms with Crippen molar-refractivity contribution in [2.75, 3.05) is 24.3 Å². The molecule has 116 valence electrons. The van der Waals surface area contributed by atoms with Gasteiger partial charge in [0.1, 0.15) is 17.4 Å². The van der Waals surface area contributed by atoms with E-state index in [2.05, 4.69) is 5.32 Å². The molecular formula is C18H17N3O2. The number of nitriles is 1. The van der Waals surface area contributed by atoms with Crippen LogP contribution in [0.15, 0.2) is 54.1 Å². The minimum absolute atomic E-state index is 0.00838. The molecule has 0 saturated heterocycles. The van der Waals surface area contributed by atoms with Crippen molar-refractivity contribution < 1.29 is 9.90 Å². The largest absolute Gasteiger partial charge is 0.508 e. The summed E-state index contributed by atoms with van der Waals surface area (Å²) in [5.74, 6) is -0.345. The molecule has 0 saturated carbocycles. The highest BCUT2D eigenvalue weighted by molar-refractivity contribution is 6.09. The first kappa shape index (κ1) is 16.1. The summed E-state index contributed by atoms with van der Waals surface area (Å²) < 4.78 is 0. The van der Waals surface area contributed by atoms with E-state index in [4.69, 9.17) is 0 Å². The molecule has 2 rings (SSSR count). The van der Waals surface area contributed by atoms with Gasteiger partial charge in [-0.25, -0.2) is 0 Å². The zero-order chi connectivity index (χ0) is 16.8. The van der Waals surface area contributed by atoms with Gasteiger partial charge in [-0.1, -0.05) is 18.2 Å². The Hall–Kier alpha value is -3.26. The third-order valence-corrected chi connectivity index (χ3v) is 3.19. The summed E-state index contributed by atoms with van der Waals surface area (Å²) in [5.41, 5.74) is 2.22. The first-order valence-electron chi connectivity index (χ1n) is 6.99. The van der Waals surface area contributed by atoms with Gasteiger partial charge in [-0.15, -0.1) is 0 Å². The molecule has 2 aromatic rings. The summed E-state index contributed by atoms with van der Waals surface area (Å²) in [5, 5.41) is 21.2. The van der Waals surface area contributed by atoms with Crippen molar-refractivity contribution in [2.24, 2.45) is 0 Å². The summed E-state index contributed by atoms with van der Waals surface area (Å²) >= 11 is 0. The van der Waals surface area contributed by atoms with Crippen molar-refractivity contribution in [3.8, 4) is 11.8 Å². The standard InChI is InChI=1S/C18H17N3O2/c1-21(2)16-5-3-4-15(11-16)20-18(23)14(12-19)10-13-6-8-17(22)9-7-13/h3-11,22H,1-2H3,(H,20,23)/b14-10+. The van der Waals surface area contributed by atoms with Crippen LogP contribution in [0.3, 0.4) is 0 Å². The Morgan fingerprint density at radius 3 is 2.52 bits per heavy atom. The number of anilines is 2. The van der Waals surface area contributed by atoms with Crippen LogP contribution in [-0.2, 0) is 4.79 Å². The van der Waals surface area contributed by atoms with E-state index in [1.807, 2.05) is 43.3 Å². The fourth-order valence-corrected chi connectivity index (χ4v) is 1.95. The van der Waals surface area contributed by atoms with Crippen molar-refractivity contribution >= 4 is 23.4 Å². The van der Waals surface area contributed by atoms with Gasteiger partial charge in [-0.05, 0) is 42.0 Å². The van der Waals surface area contributed by atoms with Crippen molar-refractivity contribution in [2.45, 2.75) is 0 Å². The number of phenols is 1. The van der Waals surface area contributed by atoms with Crippen LogP contribution in [0.1, 0.15) is 5.56 Å². The van der Waals surface area contributed by atoms with Gasteiger partial charge < -0.3 is 15.3 Å². The van der Waals surface area contributed by atoms with Crippen LogP contribution in [0.5, 0.6) is 5.75 Å². The second-order valence-electron chi connectivity index (χ2n) is 5.16. The highest BCUT2D eigenvalue weighted by atomic mass is 16.3. The minimum atomic E-state index is -0.475.